The quantitative estimate of drug-likeness (QED) is 0.635. The van der Waals surface area contributed by atoms with Crippen LogP contribution in [0.3, 0.4) is 0 Å². The molecule has 5 heteroatoms. The molecule has 0 spiro atoms. The summed E-state index contributed by atoms with van der Waals surface area (Å²) in [6.45, 7) is 0. The van der Waals surface area contributed by atoms with E-state index in [1.807, 2.05) is 30.3 Å². The lowest BCUT2D eigenvalue weighted by Gasteiger charge is -2.12. The minimum atomic E-state index is -0.809. The fourth-order valence-electron chi connectivity index (χ4n) is 2.06. The number of benzene rings is 1. The molecule has 0 aliphatic heterocycles. The van der Waals surface area contributed by atoms with E-state index in [1.165, 1.54) is 6.20 Å². The smallest absolute Gasteiger partial charge is 0.125 e. The van der Waals surface area contributed by atoms with Crippen molar-refractivity contribution < 1.29 is 5.11 Å². The summed E-state index contributed by atoms with van der Waals surface area (Å²) in [7, 11) is 0. The van der Waals surface area contributed by atoms with Crippen LogP contribution >= 0.6 is 0 Å². The molecule has 2 heterocycles. The standard InChI is InChI=1S/C13H12N4O/c14-13-10(7-16-17-13)12(18)9-3-1-5-11-8(9)4-2-6-15-11/h1-7,12,18H,(H3,14,16,17). The Hall–Kier alpha value is -2.40. The lowest BCUT2D eigenvalue weighted by molar-refractivity contribution is 0.222. The van der Waals surface area contributed by atoms with Gasteiger partial charge in [0.05, 0.1) is 11.7 Å². The Balaban J connectivity index is 2.18. The molecule has 0 aliphatic rings. The summed E-state index contributed by atoms with van der Waals surface area (Å²) in [6.07, 6.45) is 2.46. The molecular weight excluding hydrogens is 228 g/mol. The molecule has 4 N–H and O–H groups in total. The molecule has 0 aliphatic carbocycles. The Bertz CT molecular complexity index is 687. The van der Waals surface area contributed by atoms with Crippen LogP contribution in [0.4, 0.5) is 5.82 Å². The summed E-state index contributed by atoms with van der Waals surface area (Å²) in [4.78, 5) is 4.26. The molecule has 5 nitrogen and oxygen atoms in total. The molecule has 2 aromatic heterocycles. The number of nitrogens with one attached hydrogen (secondary N) is 1. The number of aromatic nitrogens is 3. The fraction of sp³-hybridized carbons (Fsp3) is 0.0769. The van der Waals surface area contributed by atoms with E-state index < -0.39 is 6.10 Å². The molecule has 0 radical (unpaired) electrons. The van der Waals surface area contributed by atoms with Gasteiger partial charge in [0.25, 0.3) is 0 Å². The SMILES string of the molecule is Nc1[nH]ncc1C(O)c1cccc2ncccc12. The number of H-pyrrole nitrogens is 1. The second kappa shape index (κ2) is 4.12. The van der Waals surface area contributed by atoms with Gasteiger partial charge < -0.3 is 10.8 Å². The zero-order valence-electron chi connectivity index (χ0n) is 9.54. The van der Waals surface area contributed by atoms with Gasteiger partial charge in [-0.05, 0) is 17.7 Å². The Morgan fingerprint density at radius 1 is 1.17 bits per heavy atom. The molecule has 90 valence electrons. The van der Waals surface area contributed by atoms with Crippen molar-refractivity contribution in [1.82, 2.24) is 15.2 Å². The number of anilines is 1. The van der Waals surface area contributed by atoms with E-state index in [1.54, 1.807) is 6.20 Å². The molecule has 3 aromatic rings. The van der Waals surface area contributed by atoms with E-state index in [-0.39, 0.29) is 0 Å². The number of aromatic amines is 1. The molecule has 1 unspecified atom stereocenters. The van der Waals surface area contributed by atoms with E-state index >= 15 is 0 Å². The van der Waals surface area contributed by atoms with Crippen LogP contribution in [0, 0.1) is 0 Å². The molecule has 0 saturated heterocycles. The maximum absolute atomic E-state index is 10.4. The second-order valence-electron chi connectivity index (χ2n) is 4.06. The Kier molecular flexibility index (Phi) is 2.46. The van der Waals surface area contributed by atoms with Crippen LogP contribution in [0.5, 0.6) is 0 Å². The normalized spacial score (nSPS) is 12.7. The van der Waals surface area contributed by atoms with Crippen LogP contribution in [0.25, 0.3) is 10.9 Å². The molecule has 0 saturated carbocycles. The average Bonchev–Trinajstić information content (AvgIpc) is 2.83. The van der Waals surface area contributed by atoms with E-state index in [0.29, 0.717) is 11.4 Å². The van der Waals surface area contributed by atoms with Gasteiger partial charge in [-0.25, -0.2) is 0 Å². The number of hydrogen-bond acceptors (Lipinski definition) is 4. The van der Waals surface area contributed by atoms with Crippen molar-refractivity contribution in [2.24, 2.45) is 0 Å². The topological polar surface area (TPSA) is 87.8 Å². The molecule has 3 rings (SSSR count). The van der Waals surface area contributed by atoms with Gasteiger partial charge in [-0.2, -0.15) is 5.10 Å². The average molecular weight is 240 g/mol. The highest BCUT2D eigenvalue weighted by Gasteiger charge is 2.17. The van der Waals surface area contributed by atoms with Crippen LogP contribution in [0.15, 0.2) is 42.7 Å². The van der Waals surface area contributed by atoms with E-state index in [2.05, 4.69) is 15.2 Å². The van der Waals surface area contributed by atoms with Crippen LogP contribution in [-0.2, 0) is 0 Å². The van der Waals surface area contributed by atoms with Crippen molar-refractivity contribution in [1.29, 1.82) is 0 Å². The van der Waals surface area contributed by atoms with Crippen LogP contribution in [-0.4, -0.2) is 20.3 Å². The van der Waals surface area contributed by atoms with Gasteiger partial charge in [-0.1, -0.05) is 18.2 Å². The van der Waals surface area contributed by atoms with Crippen molar-refractivity contribution >= 4 is 16.7 Å². The summed E-state index contributed by atoms with van der Waals surface area (Å²) in [6, 6.07) is 9.41. The number of nitrogens with two attached hydrogens (primary N) is 1. The summed E-state index contributed by atoms with van der Waals surface area (Å²) < 4.78 is 0. The van der Waals surface area contributed by atoms with Crippen molar-refractivity contribution in [3.05, 3.63) is 53.9 Å². The molecule has 18 heavy (non-hydrogen) atoms. The lowest BCUT2D eigenvalue weighted by atomic mass is 9.99. The van der Waals surface area contributed by atoms with E-state index in [4.69, 9.17) is 5.73 Å². The predicted molar refractivity (Wildman–Crippen MR) is 68.8 cm³/mol. The van der Waals surface area contributed by atoms with Crippen LogP contribution in [0.1, 0.15) is 17.2 Å². The van der Waals surface area contributed by atoms with Gasteiger partial charge in [0.1, 0.15) is 11.9 Å². The highest BCUT2D eigenvalue weighted by Crippen LogP contribution is 2.29. The molecule has 1 atom stereocenters. The van der Waals surface area contributed by atoms with Gasteiger partial charge in [-0.3, -0.25) is 10.1 Å². The van der Waals surface area contributed by atoms with Gasteiger partial charge in [0.15, 0.2) is 0 Å². The largest absolute Gasteiger partial charge is 0.384 e. The molecule has 0 bridgehead atoms. The van der Waals surface area contributed by atoms with Crippen molar-refractivity contribution in [2.45, 2.75) is 6.10 Å². The first kappa shape index (κ1) is 10.7. The lowest BCUT2D eigenvalue weighted by Crippen LogP contribution is -2.03. The number of fused-ring (bicyclic) bond motifs is 1. The second-order valence-corrected chi connectivity index (χ2v) is 4.06. The van der Waals surface area contributed by atoms with Crippen molar-refractivity contribution in [3.63, 3.8) is 0 Å². The first-order valence-electron chi connectivity index (χ1n) is 5.58. The van der Waals surface area contributed by atoms with Gasteiger partial charge in [-0.15, -0.1) is 0 Å². The van der Waals surface area contributed by atoms with Crippen molar-refractivity contribution in [3.8, 4) is 0 Å². The number of aliphatic hydroxyl groups excluding tert-OH is 1. The Morgan fingerprint density at radius 2 is 2.06 bits per heavy atom. The Morgan fingerprint density at radius 3 is 2.83 bits per heavy atom. The van der Waals surface area contributed by atoms with Crippen molar-refractivity contribution in [2.75, 3.05) is 5.73 Å². The first-order chi connectivity index (χ1) is 8.77. The number of rotatable bonds is 2. The minimum Gasteiger partial charge on any atom is -0.384 e. The summed E-state index contributed by atoms with van der Waals surface area (Å²) >= 11 is 0. The fourth-order valence-corrected chi connectivity index (χ4v) is 2.06. The summed E-state index contributed by atoms with van der Waals surface area (Å²) in [5.41, 5.74) is 7.92. The number of hydrogen-bond donors (Lipinski definition) is 3. The molecule has 1 aromatic carbocycles. The maximum Gasteiger partial charge on any atom is 0.125 e. The number of pyridine rings is 1. The highest BCUT2D eigenvalue weighted by atomic mass is 16.3. The monoisotopic (exact) mass is 240 g/mol. The maximum atomic E-state index is 10.4. The van der Waals surface area contributed by atoms with Gasteiger partial charge in [0, 0.05) is 17.1 Å². The summed E-state index contributed by atoms with van der Waals surface area (Å²) in [5.74, 6) is 0.378. The van der Waals surface area contributed by atoms with E-state index in [9.17, 15) is 5.11 Å². The molecule has 0 amide bonds. The van der Waals surface area contributed by atoms with Crippen LogP contribution < -0.4 is 5.73 Å². The number of aliphatic hydroxyl groups is 1. The number of nitrogen functional groups attached to an aromatic ring is 1. The summed E-state index contributed by atoms with van der Waals surface area (Å²) in [5, 5.41) is 17.7. The first-order valence-corrected chi connectivity index (χ1v) is 5.58. The van der Waals surface area contributed by atoms with Crippen LogP contribution in [0.2, 0.25) is 0 Å². The predicted octanol–water partition coefficient (Wildman–Crippen LogP) is 1.62. The van der Waals surface area contributed by atoms with E-state index in [0.717, 1.165) is 16.5 Å². The molecular formula is C13H12N4O. The number of nitrogens with zero attached hydrogens (tertiary/aromatic N) is 2. The third-order valence-electron chi connectivity index (χ3n) is 2.97. The van der Waals surface area contributed by atoms with Gasteiger partial charge >= 0.3 is 0 Å². The zero-order valence-corrected chi connectivity index (χ0v) is 9.54. The molecule has 0 fully saturated rings. The third kappa shape index (κ3) is 1.61. The minimum absolute atomic E-state index is 0.378. The third-order valence-corrected chi connectivity index (χ3v) is 2.97. The highest BCUT2D eigenvalue weighted by molar-refractivity contribution is 5.82. The Labute approximate surface area is 103 Å². The van der Waals surface area contributed by atoms with Gasteiger partial charge in [0.2, 0.25) is 0 Å². The zero-order chi connectivity index (χ0) is 12.5.